The number of nitrogens with zero attached hydrogens (tertiary/aromatic N) is 4. The van der Waals surface area contributed by atoms with Crippen molar-refractivity contribution in [1.82, 2.24) is 31.5 Å². The molecule has 9 atom stereocenters. The summed E-state index contributed by atoms with van der Waals surface area (Å²) in [4.78, 5) is 112. The molecule has 0 unspecified atom stereocenters. The highest BCUT2D eigenvalue weighted by Gasteiger charge is 2.57. The van der Waals surface area contributed by atoms with Crippen molar-refractivity contribution in [3.63, 3.8) is 0 Å². The third-order valence-corrected chi connectivity index (χ3v) is 16.4. The van der Waals surface area contributed by atoms with Crippen LogP contribution in [0.4, 0.5) is 10.7 Å². The van der Waals surface area contributed by atoms with E-state index >= 15 is 0 Å². The summed E-state index contributed by atoms with van der Waals surface area (Å²) in [6, 6.07) is 14.7. The molecule has 434 valence electrons. The van der Waals surface area contributed by atoms with E-state index in [2.05, 4.69) is 68.6 Å². The summed E-state index contributed by atoms with van der Waals surface area (Å²) in [7, 11) is 0. The summed E-state index contributed by atoms with van der Waals surface area (Å²) in [5.74, 6) is -5.62. The van der Waals surface area contributed by atoms with Gasteiger partial charge < -0.3 is 52.4 Å². The van der Waals surface area contributed by atoms with Gasteiger partial charge in [0.1, 0.15) is 30.0 Å². The Hall–Kier alpha value is -8.96. The predicted molar refractivity (Wildman–Crippen MR) is 295 cm³/mol. The van der Waals surface area contributed by atoms with Gasteiger partial charge in [0.25, 0.3) is 6.20 Å². The van der Waals surface area contributed by atoms with E-state index in [4.69, 9.17) is 30.6 Å². The second-order valence-electron chi connectivity index (χ2n) is 21.8. The fraction of sp³-hybridized carbons (Fsp3) is 0.448. The third kappa shape index (κ3) is 14.9. The van der Waals surface area contributed by atoms with Gasteiger partial charge in [0.2, 0.25) is 34.6 Å². The molecular formula is C58H70N11O13+. The molecule has 0 spiro atoms. The van der Waals surface area contributed by atoms with E-state index in [0.717, 1.165) is 32.1 Å². The van der Waals surface area contributed by atoms with Gasteiger partial charge in [0, 0.05) is 50.3 Å². The number of rotatable bonds is 24. The number of aliphatic carboxylic acids is 2. The number of carboxylic acid groups (broad SMARTS) is 2. The number of esters is 1. The normalized spacial score (nSPS) is 22.5. The Bertz CT molecular complexity index is 3090. The van der Waals surface area contributed by atoms with Gasteiger partial charge in [-0.3, -0.25) is 48.6 Å². The lowest BCUT2D eigenvalue weighted by Gasteiger charge is -2.57. The van der Waals surface area contributed by atoms with Gasteiger partial charge in [-0.05, 0) is 120 Å². The smallest absolute Gasteiger partial charge is 0.419 e. The molecule has 2 fully saturated rings. The van der Waals surface area contributed by atoms with E-state index in [1.54, 1.807) is 24.3 Å². The van der Waals surface area contributed by atoms with Crippen LogP contribution in [0.2, 0.25) is 0 Å². The molecule has 24 nitrogen and oxygen atoms in total. The molecular weight excluding hydrogens is 1060 g/mol. The molecule has 4 aromatic rings. The number of carboxylic acids is 2. The molecule has 5 amide bonds. The molecule has 11 N–H and O–H groups in total. The van der Waals surface area contributed by atoms with Crippen molar-refractivity contribution in [2.45, 2.75) is 122 Å². The average Bonchev–Trinajstić information content (AvgIpc) is 4.22. The average molecular weight is 1130 g/mol. The van der Waals surface area contributed by atoms with Crippen molar-refractivity contribution in [1.29, 1.82) is 0 Å². The fourth-order valence-electron chi connectivity index (χ4n) is 12.3. The van der Waals surface area contributed by atoms with Crippen molar-refractivity contribution in [3.8, 4) is 11.4 Å². The molecule has 4 aliphatic rings. The van der Waals surface area contributed by atoms with Crippen LogP contribution in [0.25, 0.3) is 11.3 Å². The maximum atomic E-state index is 14.3. The van der Waals surface area contributed by atoms with Crippen molar-refractivity contribution in [2.24, 2.45) is 45.0 Å². The van der Waals surface area contributed by atoms with E-state index in [0.29, 0.717) is 41.8 Å². The van der Waals surface area contributed by atoms with Gasteiger partial charge in [0.05, 0.1) is 19.4 Å². The first-order valence-corrected chi connectivity index (χ1v) is 27.5. The fourth-order valence-corrected chi connectivity index (χ4v) is 12.3. The summed E-state index contributed by atoms with van der Waals surface area (Å²) in [5, 5.41) is 34.5. The van der Waals surface area contributed by atoms with E-state index < -0.39 is 78.7 Å². The van der Waals surface area contributed by atoms with Crippen LogP contribution >= 0.6 is 0 Å². The summed E-state index contributed by atoms with van der Waals surface area (Å²) >= 11 is 0. The largest absolute Gasteiger partial charge is 0.481 e. The summed E-state index contributed by atoms with van der Waals surface area (Å²) in [5.41, 5.74) is 16.1. The number of anilines is 1. The number of carbonyl (C=O) groups is 8. The Morgan fingerprint density at radius 2 is 1.59 bits per heavy atom. The van der Waals surface area contributed by atoms with E-state index in [-0.39, 0.29) is 73.2 Å². The zero-order valence-corrected chi connectivity index (χ0v) is 45.7. The Balaban J connectivity index is 0.899. The molecule has 24 heteroatoms. The molecule has 0 aliphatic heterocycles. The van der Waals surface area contributed by atoms with E-state index in [1.807, 2.05) is 42.0 Å². The van der Waals surface area contributed by atoms with Gasteiger partial charge in [-0.15, -0.1) is 0 Å². The Morgan fingerprint density at radius 3 is 2.30 bits per heavy atom. The number of guanidine groups is 1. The molecule has 82 heavy (non-hydrogen) atoms. The first-order valence-electron chi connectivity index (χ1n) is 27.5. The summed E-state index contributed by atoms with van der Waals surface area (Å²) in [6.45, 7) is 4.06. The van der Waals surface area contributed by atoms with Gasteiger partial charge in [-0.1, -0.05) is 68.0 Å². The van der Waals surface area contributed by atoms with Gasteiger partial charge >= 0.3 is 29.9 Å². The van der Waals surface area contributed by atoms with Crippen molar-refractivity contribution in [3.05, 3.63) is 114 Å². The number of carbonyl (C=O) groups excluding carboxylic acids is 6. The van der Waals surface area contributed by atoms with E-state index in [9.17, 15) is 43.5 Å². The number of amides is 5. The minimum atomic E-state index is -1.79. The molecule has 0 bridgehead atoms. The van der Waals surface area contributed by atoms with Crippen molar-refractivity contribution >= 4 is 65.0 Å². The SMILES string of the molecule is C[C@]12CC[C@H](OC(=O)CCC(=O)N[C@@H](Cc3ccc(OC(=O)Nc4c[n+](-c5ccccc5)no4)cc3)C(=O)N[C@@H](CCCN=C(N)N)C(=O)NCC(=O)N[C@@H](CC(=O)O)C(=O)O)CC1=CC[C@@H]1[C@@H]2CC[C@]2(C)C(c3cccnc3)=CC[C@@H]12. The zero-order chi connectivity index (χ0) is 58.6. The van der Waals surface area contributed by atoms with Crippen LogP contribution in [0.15, 0.2) is 113 Å². The molecule has 2 saturated carbocycles. The van der Waals surface area contributed by atoms with Gasteiger partial charge in [-0.25, -0.2) is 9.59 Å². The number of fused-ring (bicyclic) bond motifs is 5. The highest BCUT2D eigenvalue weighted by molar-refractivity contribution is 5.95. The second kappa shape index (κ2) is 26.5. The quantitative estimate of drug-likeness (QED) is 0.0119. The number of para-hydroxylation sites is 1. The molecule has 2 aromatic carbocycles. The number of aliphatic imine (C=N–C) groups is 1. The number of ether oxygens (including phenoxy) is 2. The first kappa shape index (κ1) is 59.2. The van der Waals surface area contributed by atoms with E-state index in [1.165, 1.54) is 39.7 Å². The van der Waals surface area contributed by atoms with Gasteiger partial charge in [0.15, 0.2) is 5.96 Å². The Morgan fingerprint density at radius 1 is 0.829 bits per heavy atom. The maximum absolute atomic E-state index is 14.3. The highest BCUT2D eigenvalue weighted by atomic mass is 16.6. The standard InChI is InChI=1S/C58H69N11O13/c1-57-24-22-39(29-36(57)14-17-40-42-19-18-41(35-8-6-26-61-31-35)58(42,2)25-23-43(40)57)80-51(74)21-20-47(70)64-45(28-34-12-15-38(16-13-34)81-56(79)67-49-33-69(68-82-49)37-9-4-3-5-10-37)53(76)66-44(11-7-27-62-55(59)60)52(75)63-32-48(71)65-46(54(77)78)30-50(72)73/h3-6,8-10,12-16,18,26,31,33,39-40,42-46H,7,11,17,19-25,27-30,32H2,1-2H3,(H10-,59,60,62,63,64,65,66,67,68,70,71,72,73,75,76,77,78,79)/p+1/t39-,40-,42-,43-,44-,45-,46-,57-,58+/m0/s1. The number of aromatic nitrogens is 3. The van der Waals surface area contributed by atoms with Gasteiger partial charge in [-0.2, -0.15) is 0 Å². The molecule has 0 saturated heterocycles. The lowest BCUT2D eigenvalue weighted by molar-refractivity contribution is -0.670. The van der Waals surface area contributed by atoms with Crippen LogP contribution in [0, 0.1) is 28.6 Å². The highest BCUT2D eigenvalue weighted by Crippen LogP contribution is 2.66. The summed E-state index contributed by atoms with van der Waals surface area (Å²) < 4.78 is 18.1. The molecule has 2 heterocycles. The van der Waals surface area contributed by atoms with Crippen LogP contribution in [-0.2, 0) is 44.7 Å². The Kier molecular flexibility index (Phi) is 19.2. The first-order chi connectivity index (χ1) is 39.3. The summed E-state index contributed by atoms with van der Waals surface area (Å²) in [6.07, 6.45) is 13.5. The van der Waals surface area contributed by atoms with Crippen LogP contribution in [0.5, 0.6) is 5.75 Å². The number of nitrogens with two attached hydrogens (primary N) is 2. The van der Waals surface area contributed by atoms with Crippen LogP contribution in [-0.4, -0.2) is 111 Å². The number of allylic oxidation sites excluding steroid dienone is 3. The van der Waals surface area contributed by atoms with Crippen molar-refractivity contribution < 1.29 is 67.2 Å². The lowest BCUT2D eigenvalue weighted by Crippen LogP contribution is -2.55. The number of benzene rings is 2. The number of hydrogen-bond acceptors (Lipinski definition) is 14. The minimum absolute atomic E-state index is 0.000534. The zero-order valence-electron chi connectivity index (χ0n) is 45.7. The number of pyridine rings is 1. The van der Waals surface area contributed by atoms with Crippen molar-refractivity contribution in [2.75, 3.05) is 18.4 Å². The third-order valence-electron chi connectivity index (χ3n) is 16.4. The van der Waals surface area contributed by atoms with Crippen LogP contribution < -0.4 is 47.5 Å². The van der Waals surface area contributed by atoms with Crippen LogP contribution in [0.1, 0.15) is 102 Å². The minimum Gasteiger partial charge on any atom is -0.481 e. The Labute approximate surface area is 472 Å². The molecule has 4 aliphatic carbocycles. The lowest BCUT2D eigenvalue weighted by atomic mass is 9.47. The monoisotopic (exact) mass is 1130 g/mol. The molecule has 8 rings (SSSR count). The topological polar surface area (TPSA) is 363 Å². The number of nitrogens with one attached hydrogen (secondary N) is 5. The van der Waals surface area contributed by atoms with Crippen LogP contribution in [0.3, 0.4) is 0 Å². The number of hydrogen-bond donors (Lipinski definition) is 9. The maximum Gasteiger partial charge on any atom is 0.419 e. The molecule has 2 aromatic heterocycles. The predicted octanol–water partition coefficient (Wildman–Crippen LogP) is 4.03. The molecule has 0 radical (unpaired) electrons. The second-order valence-corrected chi connectivity index (χ2v) is 21.8.